The third-order valence-electron chi connectivity index (χ3n) is 3.94. The minimum Gasteiger partial charge on any atom is -0.508 e. The maximum Gasteiger partial charge on any atom is 0.326 e. The molecular formula is C15H17N3O3. The average molecular weight is 287 g/mol. The molecule has 1 aromatic carbocycles. The predicted molar refractivity (Wildman–Crippen MR) is 78.1 cm³/mol. The first kappa shape index (κ1) is 13.5. The second-order valence-corrected chi connectivity index (χ2v) is 5.30. The first-order valence-corrected chi connectivity index (χ1v) is 6.97. The number of aromatic nitrogens is 2. The van der Waals surface area contributed by atoms with Crippen LogP contribution >= 0.6 is 0 Å². The van der Waals surface area contributed by atoms with E-state index in [0.717, 1.165) is 24.8 Å². The van der Waals surface area contributed by atoms with Crippen LogP contribution in [-0.2, 0) is 4.79 Å². The van der Waals surface area contributed by atoms with Crippen molar-refractivity contribution >= 4 is 6.41 Å². The van der Waals surface area contributed by atoms with E-state index in [2.05, 4.69) is 4.98 Å². The number of hydrogen-bond donors (Lipinski definition) is 2. The molecule has 0 atom stereocenters. The summed E-state index contributed by atoms with van der Waals surface area (Å²) in [4.78, 5) is 27.4. The van der Waals surface area contributed by atoms with Crippen molar-refractivity contribution < 1.29 is 9.90 Å². The Bertz CT molecular complexity index is 696. The predicted octanol–water partition coefficient (Wildman–Crippen LogP) is 1.34. The maximum atomic E-state index is 12.1. The molecule has 0 radical (unpaired) electrons. The van der Waals surface area contributed by atoms with Crippen molar-refractivity contribution in [2.24, 2.45) is 0 Å². The van der Waals surface area contributed by atoms with Gasteiger partial charge in [0.1, 0.15) is 5.75 Å². The van der Waals surface area contributed by atoms with Crippen LogP contribution in [0.15, 0.2) is 35.3 Å². The van der Waals surface area contributed by atoms with E-state index in [1.807, 2.05) is 6.07 Å². The second-order valence-electron chi connectivity index (χ2n) is 5.30. The van der Waals surface area contributed by atoms with Crippen LogP contribution in [0.4, 0.5) is 0 Å². The molecule has 6 heteroatoms. The first-order chi connectivity index (χ1) is 10.2. The standard InChI is InChI=1S/C15H17N3O3/c19-10-17-6-4-12(5-7-17)18-9-14(16-15(18)21)11-2-1-3-13(20)8-11/h1-3,8-10,12,20H,4-7H2,(H,16,21). The van der Waals surface area contributed by atoms with E-state index in [4.69, 9.17) is 0 Å². The van der Waals surface area contributed by atoms with Crippen LogP contribution < -0.4 is 5.69 Å². The number of benzene rings is 1. The van der Waals surface area contributed by atoms with Crippen LogP contribution in [0.1, 0.15) is 18.9 Å². The van der Waals surface area contributed by atoms with E-state index in [1.54, 1.807) is 33.9 Å². The van der Waals surface area contributed by atoms with Gasteiger partial charge in [-0.05, 0) is 25.0 Å². The van der Waals surface area contributed by atoms with Gasteiger partial charge in [-0.2, -0.15) is 0 Å². The molecule has 0 saturated carbocycles. The lowest BCUT2D eigenvalue weighted by Gasteiger charge is -2.29. The number of piperidine rings is 1. The number of phenolic OH excluding ortho intramolecular Hbond substituents is 1. The second kappa shape index (κ2) is 5.47. The van der Waals surface area contributed by atoms with Crippen molar-refractivity contribution in [1.82, 2.24) is 14.5 Å². The molecule has 2 aromatic rings. The third kappa shape index (κ3) is 2.69. The topological polar surface area (TPSA) is 78.3 Å². The van der Waals surface area contributed by atoms with Crippen LogP contribution in [0, 0.1) is 0 Å². The van der Waals surface area contributed by atoms with Crippen LogP contribution in [0.25, 0.3) is 11.3 Å². The highest BCUT2D eigenvalue weighted by molar-refractivity contribution is 5.60. The molecule has 0 unspecified atom stereocenters. The Morgan fingerprint density at radius 2 is 2.05 bits per heavy atom. The minimum absolute atomic E-state index is 0.107. The molecule has 1 aromatic heterocycles. The summed E-state index contributed by atoms with van der Waals surface area (Å²) in [5, 5.41) is 9.52. The van der Waals surface area contributed by atoms with Gasteiger partial charge in [0.2, 0.25) is 6.41 Å². The zero-order valence-electron chi connectivity index (χ0n) is 11.5. The number of likely N-dealkylation sites (tertiary alicyclic amines) is 1. The lowest BCUT2D eigenvalue weighted by molar-refractivity contribution is -0.119. The van der Waals surface area contributed by atoms with Gasteiger partial charge in [0, 0.05) is 30.9 Å². The number of rotatable bonds is 3. The molecule has 1 amide bonds. The number of imidazole rings is 1. The van der Waals surface area contributed by atoms with Gasteiger partial charge in [-0.3, -0.25) is 9.36 Å². The Kier molecular flexibility index (Phi) is 3.51. The van der Waals surface area contributed by atoms with Gasteiger partial charge in [0.15, 0.2) is 0 Å². The SMILES string of the molecule is O=CN1CCC(n2cc(-c3cccc(O)c3)[nH]c2=O)CC1. The fourth-order valence-corrected chi connectivity index (χ4v) is 2.77. The molecule has 0 aliphatic carbocycles. The number of carbonyl (C=O) groups is 1. The highest BCUT2D eigenvalue weighted by Gasteiger charge is 2.21. The molecule has 0 spiro atoms. The molecule has 6 nitrogen and oxygen atoms in total. The quantitative estimate of drug-likeness (QED) is 0.836. The summed E-state index contributed by atoms with van der Waals surface area (Å²) in [5.41, 5.74) is 1.31. The van der Waals surface area contributed by atoms with E-state index in [1.165, 1.54) is 0 Å². The van der Waals surface area contributed by atoms with E-state index in [-0.39, 0.29) is 17.5 Å². The molecule has 110 valence electrons. The molecule has 21 heavy (non-hydrogen) atoms. The number of aromatic hydroxyl groups is 1. The average Bonchev–Trinajstić information content (AvgIpc) is 2.89. The van der Waals surface area contributed by atoms with E-state index < -0.39 is 0 Å². The Morgan fingerprint density at radius 1 is 1.29 bits per heavy atom. The van der Waals surface area contributed by atoms with Gasteiger partial charge in [0.05, 0.1) is 5.69 Å². The Labute approximate surface area is 121 Å². The summed E-state index contributed by atoms with van der Waals surface area (Å²) in [6, 6.07) is 6.89. The zero-order valence-corrected chi connectivity index (χ0v) is 11.5. The van der Waals surface area contributed by atoms with Crippen LogP contribution in [0.3, 0.4) is 0 Å². The van der Waals surface area contributed by atoms with Crippen molar-refractivity contribution in [2.75, 3.05) is 13.1 Å². The Morgan fingerprint density at radius 3 is 2.71 bits per heavy atom. The lowest BCUT2D eigenvalue weighted by Crippen LogP contribution is -2.35. The first-order valence-electron chi connectivity index (χ1n) is 6.97. The molecule has 1 aliphatic rings. The van der Waals surface area contributed by atoms with Gasteiger partial charge < -0.3 is 15.0 Å². The van der Waals surface area contributed by atoms with Crippen molar-refractivity contribution in [1.29, 1.82) is 0 Å². The molecule has 1 aliphatic heterocycles. The van der Waals surface area contributed by atoms with Crippen LogP contribution in [0.2, 0.25) is 0 Å². The smallest absolute Gasteiger partial charge is 0.326 e. The summed E-state index contributed by atoms with van der Waals surface area (Å²) in [6.45, 7) is 1.35. The maximum absolute atomic E-state index is 12.1. The summed E-state index contributed by atoms with van der Waals surface area (Å²) in [6.07, 6.45) is 4.19. The molecular weight excluding hydrogens is 270 g/mol. The van der Waals surface area contributed by atoms with Crippen molar-refractivity contribution in [3.8, 4) is 17.0 Å². The molecule has 1 fully saturated rings. The van der Waals surface area contributed by atoms with E-state index >= 15 is 0 Å². The number of hydrogen-bond acceptors (Lipinski definition) is 3. The summed E-state index contributed by atoms with van der Waals surface area (Å²) >= 11 is 0. The number of amides is 1. The monoisotopic (exact) mass is 287 g/mol. The van der Waals surface area contributed by atoms with Gasteiger partial charge in [0.25, 0.3) is 0 Å². The zero-order chi connectivity index (χ0) is 14.8. The largest absolute Gasteiger partial charge is 0.508 e. The molecule has 1 saturated heterocycles. The summed E-state index contributed by atoms with van der Waals surface area (Å²) in [7, 11) is 0. The van der Waals surface area contributed by atoms with Crippen molar-refractivity contribution in [2.45, 2.75) is 18.9 Å². The number of phenols is 1. The van der Waals surface area contributed by atoms with E-state index in [0.29, 0.717) is 18.8 Å². The lowest BCUT2D eigenvalue weighted by atomic mass is 10.1. The molecule has 2 N–H and O–H groups in total. The normalized spacial score (nSPS) is 16.1. The summed E-state index contributed by atoms with van der Waals surface area (Å²) in [5.74, 6) is 0.167. The van der Waals surface area contributed by atoms with Crippen molar-refractivity contribution in [3.05, 3.63) is 40.9 Å². The van der Waals surface area contributed by atoms with Gasteiger partial charge >= 0.3 is 5.69 Å². The Hall–Kier alpha value is -2.50. The van der Waals surface area contributed by atoms with Crippen molar-refractivity contribution in [3.63, 3.8) is 0 Å². The molecule has 2 heterocycles. The fourth-order valence-electron chi connectivity index (χ4n) is 2.77. The van der Waals surface area contributed by atoms with Crippen LogP contribution in [-0.4, -0.2) is 39.1 Å². The highest BCUT2D eigenvalue weighted by Crippen LogP contribution is 2.24. The number of nitrogens with one attached hydrogen (secondary N) is 1. The summed E-state index contributed by atoms with van der Waals surface area (Å²) < 4.78 is 1.70. The molecule has 0 bridgehead atoms. The number of nitrogens with zero attached hydrogens (tertiary/aromatic N) is 2. The third-order valence-corrected chi connectivity index (χ3v) is 3.94. The minimum atomic E-state index is -0.155. The fraction of sp³-hybridized carbons (Fsp3) is 0.333. The van der Waals surface area contributed by atoms with E-state index in [9.17, 15) is 14.7 Å². The Balaban J connectivity index is 1.85. The van der Waals surface area contributed by atoms with Gasteiger partial charge in [-0.1, -0.05) is 12.1 Å². The highest BCUT2D eigenvalue weighted by atomic mass is 16.3. The van der Waals surface area contributed by atoms with Gasteiger partial charge in [-0.25, -0.2) is 4.79 Å². The van der Waals surface area contributed by atoms with Gasteiger partial charge in [-0.15, -0.1) is 0 Å². The number of carbonyl (C=O) groups excluding carboxylic acids is 1. The van der Waals surface area contributed by atoms with Crippen LogP contribution in [0.5, 0.6) is 5.75 Å². The number of H-pyrrole nitrogens is 1. The molecule has 3 rings (SSSR count). The number of aromatic amines is 1.